The second kappa shape index (κ2) is 7.88. The lowest BCUT2D eigenvalue weighted by atomic mass is 10.2. The number of nitrogens with one attached hydrogen (secondary N) is 2. The molecule has 0 bridgehead atoms. The molecule has 3 aromatic rings. The van der Waals surface area contributed by atoms with Crippen LogP contribution in [0, 0.1) is 0 Å². The fraction of sp³-hybridized carbons (Fsp3) is 0.300. The van der Waals surface area contributed by atoms with Crippen LogP contribution in [0.1, 0.15) is 25.3 Å². The minimum atomic E-state index is 0.272. The van der Waals surface area contributed by atoms with Crippen molar-refractivity contribution in [1.29, 1.82) is 0 Å². The summed E-state index contributed by atoms with van der Waals surface area (Å²) in [5.74, 6) is 2.91. The predicted molar refractivity (Wildman–Crippen MR) is 108 cm³/mol. The zero-order valence-electron chi connectivity index (χ0n) is 15.1. The first-order valence-electron chi connectivity index (χ1n) is 9.06. The average Bonchev–Trinajstić information content (AvgIpc) is 3.14. The Morgan fingerprint density at radius 3 is 2.81 bits per heavy atom. The van der Waals surface area contributed by atoms with E-state index in [0.717, 1.165) is 53.2 Å². The van der Waals surface area contributed by atoms with Crippen molar-refractivity contribution in [2.75, 3.05) is 24.0 Å². The largest absolute Gasteiger partial charge is 0.454 e. The molecule has 0 spiro atoms. The van der Waals surface area contributed by atoms with E-state index in [4.69, 9.17) is 21.1 Å². The summed E-state index contributed by atoms with van der Waals surface area (Å²) in [6.45, 7) is 3.87. The molecule has 7 heteroatoms. The number of halogens is 1. The van der Waals surface area contributed by atoms with E-state index in [1.807, 2.05) is 36.4 Å². The summed E-state index contributed by atoms with van der Waals surface area (Å²) in [5.41, 5.74) is 1.93. The highest BCUT2D eigenvalue weighted by atomic mass is 35.5. The molecule has 140 valence electrons. The van der Waals surface area contributed by atoms with Crippen molar-refractivity contribution in [3.63, 3.8) is 0 Å². The van der Waals surface area contributed by atoms with E-state index >= 15 is 0 Å². The van der Waals surface area contributed by atoms with E-state index in [2.05, 4.69) is 27.5 Å². The van der Waals surface area contributed by atoms with Crippen LogP contribution in [-0.4, -0.2) is 23.3 Å². The van der Waals surface area contributed by atoms with Crippen molar-refractivity contribution in [3.8, 4) is 11.5 Å². The van der Waals surface area contributed by atoms with E-state index in [9.17, 15) is 0 Å². The number of hydrogen-bond donors (Lipinski definition) is 2. The van der Waals surface area contributed by atoms with Crippen molar-refractivity contribution < 1.29 is 9.47 Å². The average molecular weight is 385 g/mol. The van der Waals surface area contributed by atoms with Gasteiger partial charge >= 0.3 is 0 Å². The minimum Gasteiger partial charge on any atom is -0.454 e. The van der Waals surface area contributed by atoms with E-state index in [1.54, 1.807) is 0 Å². The van der Waals surface area contributed by atoms with Gasteiger partial charge in [0.1, 0.15) is 5.82 Å². The van der Waals surface area contributed by atoms with Gasteiger partial charge in [-0.3, -0.25) is 0 Å². The highest BCUT2D eigenvalue weighted by Crippen LogP contribution is 2.33. The molecule has 1 aromatic heterocycles. The first-order chi connectivity index (χ1) is 13.2. The van der Waals surface area contributed by atoms with Crippen LogP contribution < -0.4 is 20.1 Å². The number of ether oxygens (including phenoxy) is 2. The smallest absolute Gasteiger partial charge is 0.231 e. The fourth-order valence-electron chi connectivity index (χ4n) is 2.93. The third kappa shape index (κ3) is 4.01. The molecular formula is C20H21ClN4O2. The van der Waals surface area contributed by atoms with E-state index < -0.39 is 0 Å². The van der Waals surface area contributed by atoms with Gasteiger partial charge in [-0.25, -0.2) is 4.98 Å². The summed E-state index contributed by atoms with van der Waals surface area (Å²) in [5, 5.41) is 8.25. The van der Waals surface area contributed by atoms with Crippen molar-refractivity contribution in [2.24, 2.45) is 0 Å². The molecular weight excluding hydrogens is 364 g/mol. The number of aromatic nitrogens is 2. The van der Waals surface area contributed by atoms with Gasteiger partial charge in [-0.1, -0.05) is 31.0 Å². The monoisotopic (exact) mass is 384 g/mol. The van der Waals surface area contributed by atoms with Crippen LogP contribution in [0.15, 0.2) is 36.4 Å². The van der Waals surface area contributed by atoms with Gasteiger partial charge < -0.3 is 20.1 Å². The molecule has 4 rings (SSSR count). The number of anilines is 2. The minimum absolute atomic E-state index is 0.272. The Bertz CT molecular complexity index is 964. The van der Waals surface area contributed by atoms with Crippen LogP contribution in [-0.2, 0) is 6.54 Å². The van der Waals surface area contributed by atoms with Gasteiger partial charge in [0.25, 0.3) is 0 Å². The van der Waals surface area contributed by atoms with Crippen LogP contribution in [0.5, 0.6) is 11.5 Å². The van der Waals surface area contributed by atoms with Crippen LogP contribution in [0.4, 0.5) is 11.8 Å². The maximum atomic E-state index is 6.18. The SMILES string of the molecule is CCCCNc1nc(NCc2ccc3c(c2)OCO3)c2cc(Cl)ccc2n1. The lowest BCUT2D eigenvalue weighted by molar-refractivity contribution is 0.174. The zero-order valence-corrected chi connectivity index (χ0v) is 15.8. The third-order valence-corrected chi connectivity index (χ3v) is 4.60. The summed E-state index contributed by atoms with van der Waals surface area (Å²) in [6, 6.07) is 11.6. The van der Waals surface area contributed by atoms with E-state index in [0.29, 0.717) is 17.5 Å². The van der Waals surface area contributed by atoms with Crippen LogP contribution in [0.25, 0.3) is 10.9 Å². The summed E-state index contributed by atoms with van der Waals surface area (Å²) < 4.78 is 10.8. The molecule has 0 unspecified atom stereocenters. The molecule has 2 aromatic carbocycles. The third-order valence-electron chi connectivity index (χ3n) is 4.37. The number of rotatable bonds is 7. The Morgan fingerprint density at radius 1 is 1.04 bits per heavy atom. The molecule has 27 heavy (non-hydrogen) atoms. The molecule has 0 radical (unpaired) electrons. The molecule has 2 N–H and O–H groups in total. The second-order valence-corrected chi connectivity index (χ2v) is 6.82. The van der Waals surface area contributed by atoms with E-state index in [-0.39, 0.29) is 6.79 Å². The highest BCUT2D eigenvalue weighted by molar-refractivity contribution is 6.31. The lowest BCUT2D eigenvalue weighted by Gasteiger charge is -2.12. The molecule has 0 amide bonds. The lowest BCUT2D eigenvalue weighted by Crippen LogP contribution is -2.09. The summed E-state index contributed by atoms with van der Waals surface area (Å²) in [6.07, 6.45) is 2.19. The molecule has 6 nitrogen and oxygen atoms in total. The van der Waals surface area contributed by atoms with Gasteiger partial charge in [0.05, 0.1) is 5.52 Å². The van der Waals surface area contributed by atoms with Crippen molar-refractivity contribution in [1.82, 2.24) is 9.97 Å². The van der Waals surface area contributed by atoms with Gasteiger partial charge in [0, 0.05) is 23.5 Å². The number of nitrogens with zero attached hydrogens (tertiary/aromatic N) is 2. The highest BCUT2D eigenvalue weighted by Gasteiger charge is 2.14. The standard InChI is InChI=1S/C20H21ClN4O2/c1-2-3-8-22-20-24-16-6-5-14(21)10-15(16)19(25-20)23-11-13-4-7-17-18(9-13)27-12-26-17/h4-7,9-10H,2-3,8,11-12H2,1H3,(H2,22,23,24,25). The topological polar surface area (TPSA) is 68.3 Å². The summed E-state index contributed by atoms with van der Waals surface area (Å²) in [4.78, 5) is 9.25. The molecule has 0 saturated heterocycles. The van der Waals surface area contributed by atoms with E-state index in [1.165, 1.54) is 0 Å². The number of unbranched alkanes of at least 4 members (excludes halogenated alkanes) is 1. The zero-order chi connectivity index (χ0) is 18.6. The number of benzene rings is 2. The predicted octanol–water partition coefficient (Wildman–Crippen LogP) is 4.84. The molecule has 0 atom stereocenters. The number of fused-ring (bicyclic) bond motifs is 2. The Morgan fingerprint density at radius 2 is 1.93 bits per heavy atom. The molecule has 2 heterocycles. The van der Waals surface area contributed by atoms with Gasteiger partial charge in [0.15, 0.2) is 11.5 Å². The molecule has 0 fully saturated rings. The quantitative estimate of drug-likeness (QED) is 0.568. The molecule has 1 aliphatic heterocycles. The molecule has 0 aliphatic carbocycles. The normalized spacial score (nSPS) is 12.4. The fourth-order valence-corrected chi connectivity index (χ4v) is 3.10. The van der Waals surface area contributed by atoms with Crippen LogP contribution in [0.3, 0.4) is 0 Å². The Hall–Kier alpha value is -2.73. The Labute approximate surface area is 162 Å². The van der Waals surface area contributed by atoms with Crippen molar-refractivity contribution in [3.05, 3.63) is 47.0 Å². The number of hydrogen-bond acceptors (Lipinski definition) is 6. The first kappa shape index (κ1) is 17.7. The maximum Gasteiger partial charge on any atom is 0.231 e. The summed E-state index contributed by atoms with van der Waals surface area (Å²) in [7, 11) is 0. The van der Waals surface area contributed by atoms with Crippen molar-refractivity contribution in [2.45, 2.75) is 26.3 Å². The summed E-state index contributed by atoms with van der Waals surface area (Å²) >= 11 is 6.18. The Kier molecular flexibility index (Phi) is 5.16. The van der Waals surface area contributed by atoms with Gasteiger partial charge in [-0.15, -0.1) is 0 Å². The van der Waals surface area contributed by atoms with Crippen molar-refractivity contribution >= 4 is 34.3 Å². The Balaban J connectivity index is 1.59. The first-order valence-corrected chi connectivity index (χ1v) is 9.44. The molecule has 1 aliphatic rings. The second-order valence-electron chi connectivity index (χ2n) is 6.38. The van der Waals surface area contributed by atoms with Crippen LogP contribution >= 0.6 is 11.6 Å². The van der Waals surface area contributed by atoms with Gasteiger partial charge in [-0.2, -0.15) is 4.98 Å². The maximum absolute atomic E-state index is 6.18. The van der Waals surface area contributed by atoms with Gasteiger partial charge in [0.2, 0.25) is 12.7 Å². The molecule has 0 saturated carbocycles. The van der Waals surface area contributed by atoms with Crippen LogP contribution in [0.2, 0.25) is 5.02 Å². The van der Waals surface area contributed by atoms with Gasteiger partial charge in [-0.05, 0) is 42.3 Å².